The predicted molar refractivity (Wildman–Crippen MR) is 141 cm³/mol. The average molecular weight is 496 g/mol. The van der Waals surface area contributed by atoms with Crippen molar-refractivity contribution in [1.29, 1.82) is 10.5 Å². The lowest BCUT2D eigenvalue weighted by molar-refractivity contribution is 0.0696. The zero-order valence-electron chi connectivity index (χ0n) is 20.6. The molecule has 0 aromatic carbocycles. The number of aromatic carboxylic acids is 1. The van der Waals surface area contributed by atoms with Crippen molar-refractivity contribution in [2.24, 2.45) is 0 Å². The van der Waals surface area contributed by atoms with Crippen LogP contribution < -0.4 is 5.73 Å². The van der Waals surface area contributed by atoms with E-state index in [2.05, 4.69) is 17.1 Å². The number of aromatic nitrogens is 2. The van der Waals surface area contributed by atoms with Gasteiger partial charge in [-0.3, -0.25) is 0 Å². The maximum absolute atomic E-state index is 12.3. The average Bonchev–Trinajstić information content (AvgIpc) is 3.43. The van der Waals surface area contributed by atoms with Gasteiger partial charge in [-0.05, 0) is 93.4 Å². The standard InChI is InChI=1S/C28H25N5O2S/c1-13-9-17(16(4)33(13)27-24(28(34)35)18-7-5-6-8-22(18)36-27)10-19-14(2)20(11-29)25-23(19)15(3)21(12-30)26(31)32-25/h9-10H,5-8H2,1-4H3,(H2,31,32)(H,34,35). The maximum Gasteiger partial charge on any atom is 0.339 e. The fraction of sp³-hybridized carbons (Fsp3) is 0.286. The molecule has 2 aliphatic rings. The first-order chi connectivity index (χ1) is 17.2. The van der Waals surface area contributed by atoms with E-state index in [0.29, 0.717) is 28.0 Å². The van der Waals surface area contributed by atoms with E-state index in [9.17, 15) is 20.4 Å². The number of thiophene rings is 1. The molecule has 0 radical (unpaired) electrons. The number of nitriles is 2. The second-order valence-electron chi connectivity index (χ2n) is 9.36. The Morgan fingerprint density at radius 2 is 1.92 bits per heavy atom. The van der Waals surface area contributed by atoms with Crippen molar-refractivity contribution in [3.8, 4) is 17.1 Å². The van der Waals surface area contributed by atoms with Crippen LogP contribution in [0, 0.1) is 43.4 Å². The van der Waals surface area contributed by atoms with Gasteiger partial charge < -0.3 is 15.4 Å². The third kappa shape index (κ3) is 3.30. The largest absolute Gasteiger partial charge is 0.478 e. The molecule has 0 amide bonds. The fourth-order valence-corrected chi connectivity index (χ4v) is 7.02. The van der Waals surface area contributed by atoms with Crippen LogP contribution >= 0.6 is 11.3 Å². The molecule has 3 aromatic heterocycles. The summed E-state index contributed by atoms with van der Waals surface area (Å²) < 4.78 is 2.04. The Kier molecular flexibility index (Phi) is 5.58. The molecule has 0 saturated carbocycles. The molecule has 7 nitrogen and oxygen atoms in total. The van der Waals surface area contributed by atoms with Crippen molar-refractivity contribution >= 4 is 40.3 Å². The molecule has 0 aliphatic heterocycles. The Bertz CT molecular complexity index is 1640. The molecule has 8 heteroatoms. The summed E-state index contributed by atoms with van der Waals surface area (Å²) in [6.45, 7) is 7.67. The monoisotopic (exact) mass is 495 g/mol. The number of allylic oxidation sites excluding steroid dienone is 3. The molecule has 0 atom stereocenters. The first-order valence-electron chi connectivity index (χ1n) is 11.8. The van der Waals surface area contributed by atoms with E-state index < -0.39 is 5.97 Å². The first kappa shape index (κ1) is 23.6. The van der Waals surface area contributed by atoms with E-state index >= 15 is 0 Å². The predicted octanol–water partition coefficient (Wildman–Crippen LogP) is 5.74. The highest BCUT2D eigenvalue weighted by Gasteiger charge is 2.31. The number of rotatable bonds is 3. The minimum Gasteiger partial charge on any atom is -0.478 e. The van der Waals surface area contributed by atoms with Crippen LogP contribution in [0.25, 0.3) is 22.2 Å². The number of carboxylic acid groups (broad SMARTS) is 1. The summed E-state index contributed by atoms with van der Waals surface area (Å²) >= 11 is 1.58. The number of hydrogen-bond acceptors (Lipinski definition) is 6. The fourth-order valence-electron chi connectivity index (χ4n) is 5.53. The van der Waals surface area contributed by atoms with Gasteiger partial charge in [-0.25, -0.2) is 9.78 Å². The quantitative estimate of drug-likeness (QED) is 0.477. The summed E-state index contributed by atoms with van der Waals surface area (Å²) in [5.74, 6) is -0.765. The van der Waals surface area contributed by atoms with E-state index in [1.807, 2.05) is 44.4 Å². The molecule has 3 heterocycles. The highest BCUT2D eigenvalue weighted by atomic mass is 32.1. The number of hydrogen-bond donors (Lipinski definition) is 2. The number of fused-ring (bicyclic) bond motifs is 2. The van der Waals surface area contributed by atoms with E-state index in [0.717, 1.165) is 69.9 Å². The highest BCUT2D eigenvalue weighted by molar-refractivity contribution is 7.15. The second-order valence-corrected chi connectivity index (χ2v) is 10.4. The number of pyridine rings is 1. The topological polar surface area (TPSA) is 129 Å². The van der Waals surface area contributed by atoms with E-state index in [4.69, 9.17) is 5.73 Å². The van der Waals surface area contributed by atoms with Crippen LogP contribution in [0.5, 0.6) is 0 Å². The maximum atomic E-state index is 12.3. The minimum atomic E-state index is -0.887. The lowest BCUT2D eigenvalue weighted by Crippen LogP contribution is -2.09. The number of nitrogens with two attached hydrogens (primary N) is 1. The molecule has 3 N–H and O–H groups in total. The molecule has 5 rings (SSSR count). The van der Waals surface area contributed by atoms with Gasteiger partial charge in [0.05, 0.1) is 22.4 Å². The summed E-state index contributed by atoms with van der Waals surface area (Å²) in [6, 6.07) is 6.43. The van der Waals surface area contributed by atoms with Crippen LogP contribution in [-0.4, -0.2) is 20.6 Å². The van der Waals surface area contributed by atoms with Gasteiger partial charge in [0.15, 0.2) is 0 Å². The lowest BCUT2D eigenvalue weighted by atomic mass is 9.95. The molecular weight excluding hydrogens is 470 g/mol. The van der Waals surface area contributed by atoms with Gasteiger partial charge in [0.2, 0.25) is 0 Å². The molecule has 180 valence electrons. The van der Waals surface area contributed by atoms with Crippen molar-refractivity contribution < 1.29 is 9.90 Å². The Morgan fingerprint density at radius 1 is 1.19 bits per heavy atom. The Labute approximate surface area is 213 Å². The molecule has 0 unspecified atom stereocenters. The Hall–Kier alpha value is -4.14. The van der Waals surface area contributed by atoms with E-state index in [-0.39, 0.29) is 5.82 Å². The normalized spacial score (nSPS) is 15.6. The van der Waals surface area contributed by atoms with Crippen LogP contribution in [0.4, 0.5) is 5.82 Å². The Morgan fingerprint density at radius 3 is 2.58 bits per heavy atom. The van der Waals surface area contributed by atoms with Gasteiger partial charge in [-0.15, -0.1) is 11.3 Å². The summed E-state index contributed by atoms with van der Waals surface area (Å²) in [5.41, 5.74) is 14.5. The molecule has 36 heavy (non-hydrogen) atoms. The van der Waals surface area contributed by atoms with Crippen molar-refractivity contribution in [3.05, 3.63) is 67.0 Å². The van der Waals surface area contributed by atoms with Gasteiger partial charge in [0, 0.05) is 21.8 Å². The summed E-state index contributed by atoms with van der Waals surface area (Å²) in [6.07, 6.45) is 5.83. The molecule has 0 bridgehead atoms. The molecular formula is C28H25N5O2S. The number of nitrogen functional groups attached to an aromatic ring is 1. The zero-order valence-corrected chi connectivity index (χ0v) is 21.4. The molecule has 0 fully saturated rings. The van der Waals surface area contributed by atoms with Crippen molar-refractivity contribution in [3.63, 3.8) is 0 Å². The van der Waals surface area contributed by atoms with Crippen LogP contribution in [0.15, 0.2) is 11.6 Å². The van der Waals surface area contributed by atoms with Crippen LogP contribution in [-0.2, 0) is 12.8 Å². The number of carbonyl (C=O) groups is 1. The molecule has 3 aromatic rings. The number of anilines is 1. The third-order valence-corrected chi connectivity index (χ3v) is 8.60. The summed E-state index contributed by atoms with van der Waals surface area (Å²) in [5, 5.41) is 30.3. The van der Waals surface area contributed by atoms with Gasteiger partial charge >= 0.3 is 5.97 Å². The number of aryl methyl sites for hydroxylation is 2. The smallest absolute Gasteiger partial charge is 0.339 e. The van der Waals surface area contributed by atoms with Gasteiger partial charge in [0.25, 0.3) is 0 Å². The van der Waals surface area contributed by atoms with Crippen LogP contribution in [0.2, 0.25) is 0 Å². The second kappa shape index (κ2) is 8.51. The van der Waals surface area contributed by atoms with E-state index in [1.165, 1.54) is 4.88 Å². The molecule has 0 spiro atoms. The number of nitrogens with zero attached hydrogens (tertiary/aromatic N) is 4. The SMILES string of the molecule is CC1=C(C#N)c2nc(N)c(C#N)c(C)c2C1=Cc1cc(C)n(-c2sc3c(c2C(=O)O)CCCC3)c1C. The Balaban J connectivity index is 1.73. The van der Waals surface area contributed by atoms with Crippen LogP contribution in [0.1, 0.15) is 79.9 Å². The third-order valence-electron chi connectivity index (χ3n) is 7.32. The molecule has 0 saturated heterocycles. The first-order valence-corrected chi connectivity index (χ1v) is 12.6. The van der Waals surface area contributed by atoms with E-state index in [1.54, 1.807) is 11.3 Å². The molecule has 2 aliphatic carbocycles. The highest BCUT2D eigenvalue weighted by Crippen LogP contribution is 2.45. The zero-order chi connectivity index (χ0) is 25.9. The summed E-state index contributed by atoms with van der Waals surface area (Å²) in [4.78, 5) is 17.9. The van der Waals surface area contributed by atoms with Crippen molar-refractivity contribution in [2.45, 2.75) is 53.4 Å². The summed E-state index contributed by atoms with van der Waals surface area (Å²) in [7, 11) is 0. The van der Waals surface area contributed by atoms with Crippen LogP contribution in [0.3, 0.4) is 0 Å². The van der Waals surface area contributed by atoms with Gasteiger partial charge in [0.1, 0.15) is 23.0 Å². The van der Waals surface area contributed by atoms with Gasteiger partial charge in [-0.2, -0.15) is 10.5 Å². The minimum absolute atomic E-state index is 0.122. The van der Waals surface area contributed by atoms with Crippen molar-refractivity contribution in [2.75, 3.05) is 5.73 Å². The number of carboxylic acids is 1. The van der Waals surface area contributed by atoms with Gasteiger partial charge in [-0.1, -0.05) is 0 Å². The lowest BCUT2D eigenvalue weighted by Gasteiger charge is -2.12. The van der Waals surface area contributed by atoms with Crippen molar-refractivity contribution in [1.82, 2.24) is 9.55 Å².